The number of tetrazole rings is 1. The summed E-state index contributed by atoms with van der Waals surface area (Å²) in [5, 5.41) is 12.4. The van der Waals surface area contributed by atoms with Crippen molar-refractivity contribution >= 4 is 5.91 Å². The summed E-state index contributed by atoms with van der Waals surface area (Å²) in [7, 11) is 0. The Kier molecular flexibility index (Phi) is 6.03. The zero-order valence-corrected chi connectivity index (χ0v) is 15.9. The van der Waals surface area contributed by atoms with E-state index in [2.05, 4.69) is 36.3 Å². The van der Waals surface area contributed by atoms with Crippen molar-refractivity contribution in [3.05, 3.63) is 30.0 Å². The fraction of sp³-hybridized carbons (Fsp3) is 0.667. The first-order valence-corrected chi connectivity index (χ1v) is 9.53. The van der Waals surface area contributed by atoms with Crippen LogP contribution < -0.4 is 4.90 Å². The van der Waals surface area contributed by atoms with Crippen molar-refractivity contribution in [2.24, 2.45) is 5.92 Å². The summed E-state index contributed by atoms with van der Waals surface area (Å²) in [5.74, 6) is 1.98. The minimum absolute atomic E-state index is 0.0242. The predicted molar refractivity (Wildman–Crippen MR) is 95.6 cm³/mol. The molecule has 2 aromatic rings. The molecule has 8 nitrogen and oxygen atoms in total. The highest BCUT2D eigenvalue weighted by Gasteiger charge is 2.33. The van der Waals surface area contributed by atoms with Crippen molar-refractivity contribution in [1.29, 1.82) is 0 Å². The van der Waals surface area contributed by atoms with Gasteiger partial charge in [-0.05, 0) is 34.9 Å². The molecular weight excluding hydrogens is 332 g/mol. The van der Waals surface area contributed by atoms with Gasteiger partial charge in [0.05, 0.1) is 32.4 Å². The number of rotatable bonds is 7. The van der Waals surface area contributed by atoms with Crippen molar-refractivity contribution in [3.8, 4) is 0 Å². The van der Waals surface area contributed by atoms with E-state index in [-0.39, 0.29) is 11.9 Å². The van der Waals surface area contributed by atoms with Gasteiger partial charge in [0, 0.05) is 13.0 Å². The van der Waals surface area contributed by atoms with E-state index >= 15 is 0 Å². The Labute approximate surface area is 154 Å². The summed E-state index contributed by atoms with van der Waals surface area (Å²) < 4.78 is 7.20. The maximum absolute atomic E-state index is 12.4. The summed E-state index contributed by atoms with van der Waals surface area (Å²) in [4.78, 5) is 15.7. The Morgan fingerprint density at radius 2 is 2.12 bits per heavy atom. The second-order valence-electron chi connectivity index (χ2n) is 7.33. The Balaban J connectivity index is 1.62. The maximum Gasteiger partial charge on any atom is 0.289 e. The molecule has 1 saturated heterocycles. The van der Waals surface area contributed by atoms with Gasteiger partial charge in [0.2, 0.25) is 5.82 Å². The number of furan rings is 1. The van der Waals surface area contributed by atoms with Crippen molar-refractivity contribution in [2.45, 2.75) is 46.2 Å². The third-order valence-corrected chi connectivity index (χ3v) is 5.12. The van der Waals surface area contributed by atoms with Gasteiger partial charge in [0.15, 0.2) is 5.76 Å². The average Bonchev–Trinajstić information content (AvgIpc) is 3.33. The molecule has 0 radical (unpaired) electrons. The SMILES string of the molecule is CC[C@H](c1nnnn1CCC(C)C)[NH+]1CCN(C(=O)c2ccco2)CC1. The summed E-state index contributed by atoms with van der Waals surface area (Å²) in [6.07, 6.45) is 3.58. The van der Waals surface area contributed by atoms with Crippen LogP contribution in [0.3, 0.4) is 0 Å². The highest BCUT2D eigenvalue weighted by atomic mass is 16.3. The molecule has 0 spiro atoms. The minimum Gasteiger partial charge on any atom is -0.459 e. The van der Waals surface area contributed by atoms with Crippen molar-refractivity contribution in [1.82, 2.24) is 25.1 Å². The molecule has 1 fully saturated rings. The molecule has 0 saturated carbocycles. The molecule has 1 N–H and O–H groups in total. The molecule has 0 aliphatic carbocycles. The molecule has 0 bridgehead atoms. The molecule has 0 aromatic carbocycles. The lowest BCUT2D eigenvalue weighted by atomic mass is 10.1. The van der Waals surface area contributed by atoms with Gasteiger partial charge in [0.25, 0.3) is 5.91 Å². The van der Waals surface area contributed by atoms with Gasteiger partial charge in [0.1, 0.15) is 6.04 Å². The fourth-order valence-corrected chi connectivity index (χ4v) is 3.56. The first kappa shape index (κ1) is 18.6. The number of quaternary nitrogens is 1. The van der Waals surface area contributed by atoms with E-state index < -0.39 is 0 Å². The van der Waals surface area contributed by atoms with E-state index in [9.17, 15) is 4.79 Å². The van der Waals surface area contributed by atoms with E-state index in [1.54, 1.807) is 18.4 Å². The van der Waals surface area contributed by atoms with E-state index in [4.69, 9.17) is 4.42 Å². The number of nitrogens with zero attached hydrogens (tertiary/aromatic N) is 5. The Hall–Kier alpha value is -2.22. The minimum atomic E-state index is -0.0242. The standard InChI is InChI=1S/C18H28N6O2/c1-4-15(17-19-20-21-24(17)8-7-14(2)3)22-9-11-23(12-10-22)18(25)16-6-5-13-26-16/h5-6,13-15H,4,7-12H2,1-3H3/p+1/t15-/m1/s1. The molecular formula is C18H29N6O2+. The van der Waals surface area contributed by atoms with Crippen LogP contribution in [-0.2, 0) is 6.54 Å². The number of hydrogen-bond donors (Lipinski definition) is 1. The molecule has 1 atom stereocenters. The van der Waals surface area contributed by atoms with Gasteiger partial charge in [-0.3, -0.25) is 4.79 Å². The summed E-state index contributed by atoms with van der Waals surface area (Å²) in [5.41, 5.74) is 0. The van der Waals surface area contributed by atoms with Crippen LogP contribution in [0.15, 0.2) is 22.8 Å². The molecule has 1 aliphatic rings. The van der Waals surface area contributed by atoms with Crippen LogP contribution in [0.1, 0.15) is 56.0 Å². The molecule has 0 unspecified atom stereocenters. The second kappa shape index (κ2) is 8.44. The second-order valence-corrected chi connectivity index (χ2v) is 7.33. The lowest BCUT2D eigenvalue weighted by molar-refractivity contribution is -0.936. The summed E-state index contributed by atoms with van der Waals surface area (Å²) >= 11 is 0. The zero-order chi connectivity index (χ0) is 18.5. The average molecular weight is 361 g/mol. The molecule has 8 heteroatoms. The molecule has 2 aromatic heterocycles. The number of amides is 1. The van der Waals surface area contributed by atoms with Crippen LogP contribution >= 0.6 is 0 Å². The molecule has 142 valence electrons. The number of aryl methyl sites for hydroxylation is 1. The zero-order valence-electron chi connectivity index (χ0n) is 15.9. The van der Waals surface area contributed by atoms with Crippen LogP contribution in [0.2, 0.25) is 0 Å². The predicted octanol–water partition coefficient (Wildman–Crippen LogP) is 0.804. The summed E-state index contributed by atoms with van der Waals surface area (Å²) in [6, 6.07) is 3.73. The Morgan fingerprint density at radius 1 is 1.35 bits per heavy atom. The third kappa shape index (κ3) is 4.12. The van der Waals surface area contributed by atoms with Gasteiger partial charge in [-0.15, -0.1) is 5.10 Å². The van der Waals surface area contributed by atoms with Gasteiger partial charge in [-0.2, -0.15) is 0 Å². The molecule has 1 amide bonds. The van der Waals surface area contributed by atoms with Crippen LogP contribution in [0, 0.1) is 5.92 Å². The van der Waals surface area contributed by atoms with E-state index in [1.807, 2.05) is 9.58 Å². The molecule has 3 heterocycles. The van der Waals surface area contributed by atoms with E-state index in [1.165, 1.54) is 4.90 Å². The first-order chi connectivity index (χ1) is 12.6. The van der Waals surface area contributed by atoms with Gasteiger partial charge in [-0.1, -0.05) is 20.8 Å². The maximum atomic E-state index is 12.4. The van der Waals surface area contributed by atoms with Crippen molar-refractivity contribution in [2.75, 3.05) is 26.2 Å². The Morgan fingerprint density at radius 3 is 2.73 bits per heavy atom. The quantitative estimate of drug-likeness (QED) is 0.789. The number of carbonyl (C=O) groups excluding carboxylic acids is 1. The van der Waals surface area contributed by atoms with Gasteiger partial charge >= 0.3 is 0 Å². The first-order valence-electron chi connectivity index (χ1n) is 9.53. The number of hydrogen-bond acceptors (Lipinski definition) is 5. The fourth-order valence-electron chi connectivity index (χ4n) is 3.56. The lowest BCUT2D eigenvalue weighted by Gasteiger charge is -2.35. The largest absolute Gasteiger partial charge is 0.459 e. The highest BCUT2D eigenvalue weighted by Crippen LogP contribution is 2.13. The number of carbonyl (C=O) groups is 1. The number of piperazine rings is 1. The van der Waals surface area contributed by atoms with Crippen LogP contribution in [-0.4, -0.2) is 57.2 Å². The van der Waals surface area contributed by atoms with Crippen LogP contribution in [0.25, 0.3) is 0 Å². The number of nitrogens with one attached hydrogen (secondary N) is 1. The van der Waals surface area contributed by atoms with Crippen molar-refractivity contribution in [3.63, 3.8) is 0 Å². The molecule has 3 rings (SSSR count). The van der Waals surface area contributed by atoms with E-state index in [0.717, 1.165) is 51.4 Å². The Bertz CT molecular complexity index is 688. The molecule has 1 aliphatic heterocycles. The molecule has 26 heavy (non-hydrogen) atoms. The van der Waals surface area contributed by atoms with E-state index in [0.29, 0.717) is 11.7 Å². The monoisotopic (exact) mass is 361 g/mol. The lowest BCUT2D eigenvalue weighted by Crippen LogP contribution is -3.15. The summed E-state index contributed by atoms with van der Waals surface area (Å²) in [6.45, 7) is 10.7. The number of aromatic nitrogens is 4. The third-order valence-electron chi connectivity index (χ3n) is 5.12. The highest BCUT2D eigenvalue weighted by molar-refractivity contribution is 5.91. The topological polar surface area (TPSA) is 81.5 Å². The van der Waals surface area contributed by atoms with Gasteiger partial charge in [-0.25, -0.2) is 4.68 Å². The normalized spacial score (nSPS) is 17.0. The van der Waals surface area contributed by atoms with Crippen LogP contribution in [0.4, 0.5) is 0 Å². The van der Waals surface area contributed by atoms with Gasteiger partial charge < -0.3 is 14.2 Å². The van der Waals surface area contributed by atoms with Crippen LogP contribution in [0.5, 0.6) is 0 Å². The van der Waals surface area contributed by atoms with Crippen molar-refractivity contribution < 1.29 is 14.1 Å². The smallest absolute Gasteiger partial charge is 0.289 e.